The maximum Gasteiger partial charge on any atom is 0.0950 e. The lowest BCUT2D eigenvalue weighted by Gasteiger charge is -2.43. The van der Waals surface area contributed by atoms with Crippen LogP contribution in [0.1, 0.15) is 56.2 Å². The minimum absolute atomic E-state index is 0.370. The van der Waals surface area contributed by atoms with Gasteiger partial charge in [-0.15, -0.1) is 0 Å². The smallest absolute Gasteiger partial charge is 0.0950 e. The summed E-state index contributed by atoms with van der Waals surface area (Å²) in [6.45, 7) is 3.90. The number of nitrogens with one attached hydrogen (secondary N) is 1. The van der Waals surface area contributed by atoms with Crippen molar-refractivity contribution >= 4 is 0 Å². The third-order valence-corrected chi connectivity index (χ3v) is 6.77. The molecular weight excluding hydrogens is 366 g/mol. The molecule has 3 aromatic carbocycles. The topological polar surface area (TPSA) is 32.3 Å². The van der Waals surface area contributed by atoms with E-state index >= 15 is 0 Å². The van der Waals surface area contributed by atoms with Crippen molar-refractivity contribution in [3.63, 3.8) is 0 Å². The molecule has 1 aliphatic rings. The third kappa shape index (κ3) is 4.21. The monoisotopic (exact) mass is 399 g/mol. The van der Waals surface area contributed by atoms with Gasteiger partial charge in [-0.05, 0) is 62.1 Å². The normalized spacial score (nSPS) is 20.1. The highest BCUT2D eigenvalue weighted by molar-refractivity contribution is 5.49. The molecule has 4 rings (SSSR count). The highest BCUT2D eigenvalue weighted by atomic mass is 16.3. The van der Waals surface area contributed by atoms with Gasteiger partial charge in [0, 0.05) is 6.04 Å². The first-order valence-corrected chi connectivity index (χ1v) is 11.2. The second kappa shape index (κ2) is 8.75. The summed E-state index contributed by atoms with van der Waals surface area (Å²) >= 11 is 0. The molecule has 3 aromatic rings. The van der Waals surface area contributed by atoms with Crippen molar-refractivity contribution in [2.24, 2.45) is 5.92 Å². The second-order valence-corrected chi connectivity index (χ2v) is 9.19. The maximum atomic E-state index is 10.5. The van der Waals surface area contributed by atoms with Crippen LogP contribution in [0.15, 0.2) is 91.0 Å². The van der Waals surface area contributed by atoms with E-state index < -0.39 is 11.1 Å². The van der Waals surface area contributed by atoms with E-state index in [9.17, 15) is 5.11 Å². The van der Waals surface area contributed by atoms with Crippen LogP contribution in [0.4, 0.5) is 0 Å². The number of rotatable bonds is 6. The summed E-state index contributed by atoms with van der Waals surface area (Å²) in [5.41, 5.74) is 2.77. The second-order valence-electron chi connectivity index (χ2n) is 9.19. The molecule has 2 nitrogen and oxygen atoms in total. The number of benzene rings is 3. The van der Waals surface area contributed by atoms with Gasteiger partial charge < -0.3 is 5.11 Å². The van der Waals surface area contributed by atoms with Gasteiger partial charge in [-0.25, -0.2) is 0 Å². The first-order valence-electron chi connectivity index (χ1n) is 11.2. The van der Waals surface area contributed by atoms with Crippen molar-refractivity contribution in [3.05, 3.63) is 108 Å². The first-order chi connectivity index (χ1) is 14.5. The predicted octanol–water partition coefficient (Wildman–Crippen LogP) is 5.90. The van der Waals surface area contributed by atoms with E-state index in [4.69, 9.17) is 0 Å². The van der Waals surface area contributed by atoms with Crippen LogP contribution in [0.2, 0.25) is 0 Å². The van der Waals surface area contributed by atoms with Crippen molar-refractivity contribution < 1.29 is 5.11 Å². The lowest BCUT2D eigenvalue weighted by molar-refractivity contribution is -0.00378. The molecule has 1 fully saturated rings. The summed E-state index contributed by atoms with van der Waals surface area (Å²) in [5, 5.41) is 14.6. The van der Waals surface area contributed by atoms with Crippen molar-refractivity contribution in [2.75, 3.05) is 0 Å². The van der Waals surface area contributed by atoms with Gasteiger partial charge in [-0.3, -0.25) is 5.32 Å². The fourth-order valence-electron chi connectivity index (χ4n) is 5.06. The number of aliphatic hydroxyl groups is 1. The van der Waals surface area contributed by atoms with Gasteiger partial charge in [0.05, 0.1) is 11.1 Å². The highest BCUT2D eigenvalue weighted by Gasteiger charge is 2.40. The van der Waals surface area contributed by atoms with Crippen LogP contribution >= 0.6 is 0 Å². The zero-order valence-corrected chi connectivity index (χ0v) is 18.1. The van der Waals surface area contributed by atoms with E-state index in [0.29, 0.717) is 12.0 Å². The molecule has 0 aliphatic heterocycles. The largest absolute Gasteiger partial charge is 0.390 e. The van der Waals surface area contributed by atoms with Crippen LogP contribution in [0, 0.1) is 5.92 Å². The van der Waals surface area contributed by atoms with Crippen LogP contribution in [0.5, 0.6) is 0 Å². The molecule has 156 valence electrons. The van der Waals surface area contributed by atoms with Gasteiger partial charge in [-0.2, -0.15) is 0 Å². The highest BCUT2D eigenvalue weighted by Crippen LogP contribution is 2.40. The predicted molar refractivity (Wildman–Crippen MR) is 124 cm³/mol. The fourth-order valence-corrected chi connectivity index (χ4v) is 5.06. The Labute approximate surface area is 181 Å². The summed E-state index contributed by atoms with van der Waals surface area (Å²) in [5.74, 6) is 0.370. The van der Waals surface area contributed by atoms with E-state index in [1.807, 2.05) is 13.8 Å². The van der Waals surface area contributed by atoms with Crippen LogP contribution in [-0.2, 0) is 5.54 Å². The van der Waals surface area contributed by atoms with E-state index in [1.165, 1.54) is 16.7 Å². The molecule has 0 bridgehead atoms. The molecule has 0 saturated heterocycles. The Kier molecular flexibility index (Phi) is 6.08. The third-order valence-electron chi connectivity index (χ3n) is 6.77. The molecule has 30 heavy (non-hydrogen) atoms. The minimum atomic E-state index is -0.597. The lowest BCUT2D eigenvalue weighted by atomic mass is 9.73. The standard InChI is InChI=1S/C28H33NO/c1-27(2,30)22-18-20-26(21-19-22)29-28(23-12-6-3-7-13-23,24-14-8-4-9-15-24)25-16-10-5-11-17-25/h3-17,22,26,29-30H,18-21H2,1-2H3. The molecule has 0 heterocycles. The van der Waals surface area contributed by atoms with Gasteiger partial charge in [0.15, 0.2) is 0 Å². The van der Waals surface area contributed by atoms with E-state index in [1.54, 1.807) is 0 Å². The van der Waals surface area contributed by atoms with Crippen molar-refractivity contribution in [2.45, 2.75) is 56.7 Å². The Morgan fingerprint density at radius 1 is 0.633 bits per heavy atom. The summed E-state index contributed by atoms with van der Waals surface area (Å²) in [7, 11) is 0. The molecule has 1 aliphatic carbocycles. The molecule has 0 atom stereocenters. The SMILES string of the molecule is CC(C)(O)C1CCC(NC(c2ccccc2)(c2ccccc2)c2ccccc2)CC1. The van der Waals surface area contributed by atoms with Crippen LogP contribution in [0.25, 0.3) is 0 Å². The van der Waals surface area contributed by atoms with Crippen LogP contribution in [0.3, 0.4) is 0 Å². The molecule has 2 N–H and O–H groups in total. The average Bonchev–Trinajstić information content (AvgIpc) is 2.79. The molecule has 0 amide bonds. The zero-order chi connectivity index (χ0) is 21.0. The Morgan fingerprint density at radius 2 is 1.00 bits per heavy atom. The quantitative estimate of drug-likeness (QED) is 0.506. The van der Waals surface area contributed by atoms with Gasteiger partial charge in [-0.1, -0.05) is 91.0 Å². The van der Waals surface area contributed by atoms with E-state index in [-0.39, 0.29) is 0 Å². The maximum absolute atomic E-state index is 10.5. The van der Waals surface area contributed by atoms with Gasteiger partial charge in [0.25, 0.3) is 0 Å². The molecule has 0 radical (unpaired) electrons. The Hall–Kier alpha value is -2.42. The Balaban J connectivity index is 1.76. The van der Waals surface area contributed by atoms with Crippen molar-refractivity contribution in [1.29, 1.82) is 0 Å². The van der Waals surface area contributed by atoms with Crippen molar-refractivity contribution in [1.82, 2.24) is 5.32 Å². The van der Waals surface area contributed by atoms with Crippen LogP contribution in [-0.4, -0.2) is 16.7 Å². The first kappa shape index (κ1) is 20.8. The zero-order valence-electron chi connectivity index (χ0n) is 18.1. The Bertz CT molecular complexity index is 810. The molecule has 0 spiro atoms. The number of hydrogen-bond donors (Lipinski definition) is 2. The fraction of sp³-hybridized carbons (Fsp3) is 0.357. The summed E-state index contributed by atoms with van der Waals surface area (Å²) < 4.78 is 0. The average molecular weight is 400 g/mol. The molecule has 1 saturated carbocycles. The molecule has 0 aromatic heterocycles. The van der Waals surface area contributed by atoms with Crippen molar-refractivity contribution in [3.8, 4) is 0 Å². The Morgan fingerprint density at radius 3 is 1.33 bits per heavy atom. The van der Waals surface area contributed by atoms with Gasteiger partial charge >= 0.3 is 0 Å². The van der Waals surface area contributed by atoms with E-state index in [2.05, 4.69) is 96.3 Å². The minimum Gasteiger partial charge on any atom is -0.390 e. The lowest BCUT2D eigenvalue weighted by Crippen LogP contribution is -2.51. The van der Waals surface area contributed by atoms with Crippen LogP contribution < -0.4 is 5.32 Å². The van der Waals surface area contributed by atoms with Gasteiger partial charge in [0.1, 0.15) is 0 Å². The summed E-state index contributed by atoms with van der Waals surface area (Å²) in [6, 6.07) is 32.8. The molecule has 0 unspecified atom stereocenters. The molecule has 2 heteroatoms. The van der Waals surface area contributed by atoms with E-state index in [0.717, 1.165) is 25.7 Å². The molecular formula is C28H33NO. The summed E-state index contributed by atoms with van der Waals surface area (Å²) in [6.07, 6.45) is 4.25. The van der Waals surface area contributed by atoms with Gasteiger partial charge in [0.2, 0.25) is 0 Å². The number of hydrogen-bond acceptors (Lipinski definition) is 2. The summed E-state index contributed by atoms with van der Waals surface area (Å²) in [4.78, 5) is 0.